The summed E-state index contributed by atoms with van der Waals surface area (Å²) >= 11 is 0. The number of amides is 1. The van der Waals surface area contributed by atoms with Crippen LogP contribution in [0.2, 0.25) is 0 Å². The molecule has 1 amide bonds. The lowest BCUT2D eigenvalue weighted by atomic mass is 10.1. The van der Waals surface area contributed by atoms with Crippen molar-refractivity contribution in [3.63, 3.8) is 0 Å². The molecule has 6 heteroatoms. The summed E-state index contributed by atoms with van der Waals surface area (Å²) in [4.78, 5) is 12.4. The first-order valence-corrected chi connectivity index (χ1v) is 10.0. The first-order valence-electron chi connectivity index (χ1n) is 8.57. The molecule has 138 valence electrons. The number of hydrogen-bond donors (Lipinski definition) is 2. The van der Waals surface area contributed by atoms with E-state index >= 15 is 0 Å². The molecule has 2 N–H and O–H groups in total. The third-order valence-electron chi connectivity index (χ3n) is 3.79. The van der Waals surface area contributed by atoms with E-state index in [2.05, 4.69) is 10.0 Å². The molecule has 0 heterocycles. The second kappa shape index (κ2) is 9.31. The van der Waals surface area contributed by atoms with Crippen molar-refractivity contribution in [2.75, 3.05) is 11.9 Å². The summed E-state index contributed by atoms with van der Waals surface area (Å²) in [6.45, 7) is 4.15. The van der Waals surface area contributed by atoms with E-state index in [1.54, 1.807) is 25.1 Å². The summed E-state index contributed by atoms with van der Waals surface area (Å²) in [5, 5.41) is 2.77. The highest BCUT2D eigenvalue weighted by molar-refractivity contribution is 7.89. The van der Waals surface area contributed by atoms with Crippen molar-refractivity contribution in [3.8, 4) is 0 Å². The maximum atomic E-state index is 12.3. The molecule has 26 heavy (non-hydrogen) atoms. The van der Waals surface area contributed by atoms with Crippen molar-refractivity contribution in [2.24, 2.45) is 0 Å². The SMILES string of the molecule is CCCCNS(=O)(=O)c1ccc(NC(=O)/C(C)=C\c2ccccc2)cc1. The molecule has 2 rings (SSSR count). The fraction of sp³-hybridized carbons (Fsp3) is 0.250. The lowest BCUT2D eigenvalue weighted by Crippen LogP contribution is -2.24. The number of rotatable bonds is 8. The van der Waals surface area contributed by atoms with E-state index in [1.165, 1.54) is 12.1 Å². The molecule has 0 atom stereocenters. The van der Waals surface area contributed by atoms with Gasteiger partial charge in [0.25, 0.3) is 5.91 Å². The smallest absolute Gasteiger partial charge is 0.251 e. The second-order valence-electron chi connectivity index (χ2n) is 5.97. The zero-order valence-electron chi connectivity index (χ0n) is 15.0. The van der Waals surface area contributed by atoms with Crippen molar-refractivity contribution in [1.29, 1.82) is 0 Å². The number of carbonyl (C=O) groups excluding carboxylic acids is 1. The lowest BCUT2D eigenvalue weighted by Gasteiger charge is -2.09. The number of unbranched alkanes of at least 4 members (excludes halogenated alkanes) is 1. The molecule has 2 aromatic rings. The molecule has 5 nitrogen and oxygen atoms in total. The van der Waals surface area contributed by atoms with E-state index in [9.17, 15) is 13.2 Å². The van der Waals surface area contributed by atoms with Gasteiger partial charge in [-0.15, -0.1) is 0 Å². The van der Waals surface area contributed by atoms with Gasteiger partial charge in [0.2, 0.25) is 10.0 Å². The van der Waals surface area contributed by atoms with Crippen LogP contribution in [0.3, 0.4) is 0 Å². The summed E-state index contributed by atoms with van der Waals surface area (Å²) in [6, 6.07) is 15.7. The van der Waals surface area contributed by atoms with Gasteiger partial charge >= 0.3 is 0 Å². The van der Waals surface area contributed by atoms with E-state index < -0.39 is 10.0 Å². The van der Waals surface area contributed by atoms with Crippen molar-refractivity contribution < 1.29 is 13.2 Å². The second-order valence-corrected chi connectivity index (χ2v) is 7.73. The first-order chi connectivity index (χ1) is 12.4. The summed E-state index contributed by atoms with van der Waals surface area (Å²) < 4.78 is 26.8. The van der Waals surface area contributed by atoms with Crippen LogP contribution in [0.5, 0.6) is 0 Å². The molecule has 0 unspecified atom stereocenters. The Morgan fingerprint density at radius 2 is 1.69 bits per heavy atom. The predicted octanol–water partition coefficient (Wildman–Crippen LogP) is 3.81. The highest BCUT2D eigenvalue weighted by Gasteiger charge is 2.13. The maximum Gasteiger partial charge on any atom is 0.251 e. The van der Waals surface area contributed by atoms with E-state index in [1.807, 2.05) is 37.3 Å². The molecule has 0 spiro atoms. The first kappa shape index (κ1) is 19.9. The zero-order valence-corrected chi connectivity index (χ0v) is 15.8. The molecule has 0 aliphatic rings. The minimum Gasteiger partial charge on any atom is -0.322 e. The Hall–Kier alpha value is -2.44. The van der Waals surface area contributed by atoms with Crippen LogP contribution in [0.4, 0.5) is 5.69 Å². The van der Waals surface area contributed by atoms with Crippen LogP contribution in [-0.2, 0) is 14.8 Å². The fourth-order valence-electron chi connectivity index (χ4n) is 2.28. The van der Waals surface area contributed by atoms with Gasteiger partial charge in [0, 0.05) is 17.8 Å². The highest BCUT2D eigenvalue weighted by atomic mass is 32.2. The molecule has 0 saturated heterocycles. The third-order valence-corrected chi connectivity index (χ3v) is 5.26. The highest BCUT2D eigenvalue weighted by Crippen LogP contribution is 2.15. The van der Waals surface area contributed by atoms with Gasteiger partial charge in [-0.25, -0.2) is 13.1 Å². The molecule has 0 fully saturated rings. The Balaban J connectivity index is 2.02. The Kier molecular flexibility index (Phi) is 7.12. The van der Waals surface area contributed by atoms with E-state index in [0.717, 1.165) is 18.4 Å². The maximum absolute atomic E-state index is 12.3. The monoisotopic (exact) mass is 372 g/mol. The molecule has 0 aromatic heterocycles. The molecule has 0 aliphatic carbocycles. The largest absolute Gasteiger partial charge is 0.322 e. The van der Waals surface area contributed by atoms with E-state index in [0.29, 0.717) is 17.8 Å². The Morgan fingerprint density at radius 1 is 1.04 bits per heavy atom. The standard InChI is InChI=1S/C20H24N2O3S/c1-3-4-14-21-26(24,25)19-12-10-18(11-13-19)22-20(23)16(2)15-17-8-6-5-7-9-17/h5-13,15,21H,3-4,14H2,1-2H3,(H,22,23)/b16-15-. The Morgan fingerprint density at radius 3 is 2.31 bits per heavy atom. The topological polar surface area (TPSA) is 75.3 Å². The number of sulfonamides is 1. The average molecular weight is 372 g/mol. The summed E-state index contributed by atoms with van der Waals surface area (Å²) in [5.74, 6) is -0.231. The van der Waals surface area contributed by atoms with Crippen LogP contribution in [0.15, 0.2) is 65.1 Å². The van der Waals surface area contributed by atoms with Crippen LogP contribution in [0.25, 0.3) is 6.08 Å². The van der Waals surface area contributed by atoms with Crippen molar-refractivity contribution >= 4 is 27.7 Å². The fourth-order valence-corrected chi connectivity index (χ4v) is 3.35. The van der Waals surface area contributed by atoms with Crippen molar-refractivity contribution in [1.82, 2.24) is 4.72 Å². The predicted molar refractivity (Wildman–Crippen MR) is 105 cm³/mol. The molecule has 2 aromatic carbocycles. The van der Waals surface area contributed by atoms with Crippen molar-refractivity contribution in [3.05, 3.63) is 65.7 Å². The molecule has 0 bridgehead atoms. The van der Waals surface area contributed by atoms with Crippen LogP contribution < -0.4 is 10.0 Å². The van der Waals surface area contributed by atoms with Gasteiger partial charge in [-0.05, 0) is 49.2 Å². The van der Waals surface area contributed by atoms with Crippen LogP contribution >= 0.6 is 0 Å². The van der Waals surface area contributed by atoms with E-state index in [4.69, 9.17) is 0 Å². The van der Waals surface area contributed by atoms with Gasteiger partial charge in [-0.3, -0.25) is 4.79 Å². The van der Waals surface area contributed by atoms with Gasteiger partial charge in [0.05, 0.1) is 4.90 Å². The summed E-state index contributed by atoms with van der Waals surface area (Å²) in [6.07, 6.45) is 3.51. The Labute approximate surface area is 155 Å². The quantitative estimate of drug-likeness (QED) is 0.546. The number of benzene rings is 2. The van der Waals surface area contributed by atoms with Gasteiger partial charge in [-0.2, -0.15) is 0 Å². The normalized spacial score (nSPS) is 12.0. The average Bonchev–Trinajstić information content (AvgIpc) is 2.63. The molecular weight excluding hydrogens is 348 g/mol. The molecule has 0 radical (unpaired) electrons. The molecule has 0 saturated carbocycles. The number of nitrogens with one attached hydrogen (secondary N) is 2. The van der Waals surface area contributed by atoms with Gasteiger partial charge < -0.3 is 5.32 Å². The number of carbonyl (C=O) groups is 1. The van der Waals surface area contributed by atoms with Crippen LogP contribution in [0, 0.1) is 0 Å². The number of anilines is 1. The summed E-state index contributed by atoms with van der Waals surface area (Å²) in [5.41, 5.74) is 2.05. The van der Waals surface area contributed by atoms with Crippen LogP contribution in [-0.4, -0.2) is 20.9 Å². The molecular formula is C20H24N2O3S. The minimum absolute atomic E-state index is 0.183. The molecule has 0 aliphatic heterocycles. The van der Waals surface area contributed by atoms with Gasteiger partial charge in [0.1, 0.15) is 0 Å². The lowest BCUT2D eigenvalue weighted by molar-refractivity contribution is -0.112. The zero-order chi connectivity index (χ0) is 19.0. The van der Waals surface area contributed by atoms with Gasteiger partial charge in [-0.1, -0.05) is 43.7 Å². The van der Waals surface area contributed by atoms with Gasteiger partial charge in [0.15, 0.2) is 0 Å². The van der Waals surface area contributed by atoms with E-state index in [-0.39, 0.29) is 10.8 Å². The summed E-state index contributed by atoms with van der Waals surface area (Å²) in [7, 11) is -3.51. The Bertz CT molecular complexity index is 858. The number of hydrogen-bond acceptors (Lipinski definition) is 3. The van der Waals surface area contributed by atoms with Crippen LogP contribution in [0.1, 0.15) is 32.3 Å². The van der Waals surface area contributed by atoms with Crippen molar-refractivity contribution in [2.45, 2.75) is 31.6 Å². The third kappa shape index (κ3) is 5.82. The minimum atomic E-state index is -3.51.